The number of urea groups is 1. The van der Waals surface area contributed by atoms with Crippen LogP contribution in [0.5, 0.6) is 5.75 Å². The summed E-state index contributed by atoms with van der Waals surface area (Å²) in [5, 5.41) is 10.5. The lowest BCUT2D eigenvalue weighted by Crippen LogP contribution is -2.53. The summed E-state index contributed by atoms with van der Waals surface area (Å²) in [6.45, 7) is 5.69. The van der Waals surface area contributed by atoms with E-state index in [4.69, 9.17) is 16.3 Å². The summed E-state index contributed by atoms with van der Waals surface area (Å²) in [4.78, 5) is 55.1. The van der Waals surface area contributed by atoms with Gasteiger partial charge in [0.1, 0.15) is 17.0 Å². The molecule has 1 fully saturated rings. The zero-order valence-electron chi connectivity index (χ0n) is 26.7. The van der Waals surface area contributed by atoms with Crippen LogP contribution < -0.4 is 15.4 Å². The van der Waals surface area contributed by atoms with Gasteiger partial charge >= 0.3 is 6.03 Å². The molecule has 2 N–H and O–H groups in total. The molecule has 2 heterocycles. The first-order valence-corrected chi connectivity index (χ1v) is 16.3. The summed E-state index contributed by atoms with van der Waals surface area (Å²) in [6.07, 6.45) is 11.9. The first-order chi connectivity index (χ1) is 21.5. The smallest absolute Gasteiger partial charge is 0.326 e. The number of benzene rings is 2. The van der Waals surface area contributed by atoms with Gasteiger partial charge in [-0.15, -0.1) is 0 Å². The molecule has 242 valence electrons. The van der Waals surface area contributed by atoms with Crippen molar-refractivity contribution < 1.29 is 23.9 Å². The normalized spacial score (nSPS) is 14.9. The summed E-state index contributed by atoms with van der Waals surface area (Å²) in [5.74, 6) is -2.01. The molecule has 3 aromatic rings. The number of fused-ring (bicyclic) bond motifs is 1. The number of unbranched alkanes of at least 4 members (excludes halogenated alkanes) is 9. The summed E-state index contributed by atoms with van der Waals surface area (Å²) in [5.41, 5.74) is -0.437. The Kier molecular flexibility index (Phi) is 11.6. The number of anilines is 1. The van der Waals surface area contributed by atoms with Crippen molar-refractivity contribution in [2.24, 2.45) is 7.05 Å². The number of ether oxygens (including phenoxy) is 1. The number of imide groups is 1. The Balaban J connectivity index is 1.48. The van der Waals surface area contributed by atoms with Gasteiger partial charge in [0, 0.05) is 17.5 Å². The highest BCUT2D eigenvalue weighted by Crippen LogP contribution is 2.31. The largest absolute Gasteiger partial charge is 0.491 e. The molecule has 4 amide bonds. The van der Waals surface area contributed by atoms with Gasteiger partial charge in [-0.1, -0.05) is 94.5 Å². The molecule has 1 aliphatic rings. The maximum Gasteiger partial charge on any atom is 0.326 e. The topological polar surface area (TPSA) is 123 Å². The van der Waals surface area contributed by atoms with Crippen LogP contribution in [0.3, 0.4) is 0 Å². The van der Waals surface area contributed by atoms with Crippen LogP contribution in [0, 0.1) is 0 Å². The van der Waals surface area contributed by atoms with Gasteiger partial charge in [-0.05, 0) is 44.5 Å². The number of carbonyl (C=O) groups is 4. The van der Waals surface area contributed by atoms with Gasteiger partial charge in [0.25, 0.3) is 11.8 Å². The number of aryl methyl sites for hydroxylation is 1. The van der Waals surface area contributed by atoms with Crippen LogP contribution in [0.1, 0.15) is 95.5 Å². The second-order valence-corrected chi connectivity index (χ2v) is 12.6. The predicted molar refractivity (Wildman–Crippen MR) is 176 cm³/mol. The van der Waals surface area contributed by atoms with Gasteiger partial charge in [0.05, 0.1) is 17.8 Å². The van der Waals surface area contributed by atoms with E-state index in [9.17, 15) is 19.2 Å². The van der Waals surface area contributed by atoms with E-state index >= 15 is 0 Å². The fourth-order valence-corrected chi connectivity index (χ4v) is 5.76. The average molecular weight is 638 g/mol. The zero-order chi connectivity index (χ0) is 32.6. The van der Waals surface area contributed by atoms with Crippen LogP contribution in [0.15, 0.2) is 42.5 Å². The van der Waals surface area contributed by atoms with Gasteiger partial charge in [-0.3, -0.25) is 19.1 Å². The van der Waals surface area contributed by atoms with Crippen molar-refractivity contribution in [1.82, 2.24) is 20.0 Å². The SMILES string of the molecule is CCCCCCCCCCCCOc1ccc(Cl)cc1NC(=O)C(C(=O)c1nn(C)c2ccccc12)N1C(=O)NC(C)(C)C1=O. The molecule has 1 aromatic heterocycles. The van der Waals surface area contributed by atoms with Crippen molar-refractivity contribution in [2.75, 3.05) is 11.9 Å². The highest BCUT2D eigenvalue weighted by Gasteiger charge is 2.52. The first-order valence-electron chi connectivity index (χ1n) is 15.9. The van der Waals surface area contributed by atoms with Gasteiger partial charge in [-0.2, -0.15) is 5.10 Å². The Bertz CT molecular complexity index is 1530. The standard InChI is InChI=1S/C34H44ClN5O5/c1-5-6-7-8-9-10-11-12-13-16-21-45-27-20-19-23(35)22-25(27)36-31(42)29(40-32(43)34(2,3)37-33(40)44)30(41)28-24-17-14-15-18-26(24)39(4)38-28/h14-15,17-20,22,29H,5-13,16,21H2,1-4H3,(H,36,42)(H,37,44). The third-order valence-electron chi connectivity index (χ3n) is 8.09. The van der Waals surface area contributed by atoms with Crippen LogP contribution in [0.2, 0.25) is 5.02 Å². The predicted octanol–water partition coefficient (Wildman–Crippen LogP) is 7.05. The van der Waals surface area contributed by atoms with Gasteiger partial charge in [0.2, 0.25) is 5.78 Å². The Labute approximate surface area is 269 Å². The Morgan fingerprint density at radius 2 is 1.62 bits per heavy atom. The molecule has 1 aliphatic heterocycles. The fourth-order valence-electron chi connectivity index (χ4n) is 5.59. The van der Waals surface area contributed by atoms with E-state index in [1.165, 1.54) is 69.5 Å². The lowest BCUT2D eigenvalue weighted by atomic mass is 10.0. The Morgan fingerprint density at radius 3 is 2.27 bits per heavy atom. The van der Waals surface area contributed by atoms with Crippen molar-refractivity contribution in [1.29, 1.82) is 0 Å². The number of hydrogen-bond acceptors (Lipinski definition) is 6. The van der Waals surface area contributed by atoms with E-state index in [-0.39, 0.29) is 11.4 Å². The van der Waals surface area contributed by atoms with Crippen LogP contribution in [-0.2, 0) is 16.6 Å². The molecule has 1 unspecified atom stereocenters. The number of Topliss-reactive ketones (excluding diaryl/α,β-unsaturated/α-hetero) is 1. The molecule has 0 aliphatic carbocycles. The maximum absolute atomic E-state index is 14.1. The molecule has 1 saturated heterocycles. The quantitative estimate of drug-likeness (QED) is 0.0708. The molecule has 0 bridgehead atoms. The minimum absolute atomic E-state index is 0.0258. The molecule has 0 saturated carbocycles. The summed E-state index contributed by atoms with van der Waals surface area (Å²) < 4.78 is 7.54. The van der Waals surface area contributed by atoms with Crippen LogP contribution in [-0.4, -0.2) is 56.5 Å². The summed E-state index contributed by atoms with van der Waals surface area (Å²) in [6, 6.07) is 9.18. The molecule has 0 spiro atoms. The van der Waals surface area contributed by atoms with Crippen molar-refractivity contribution in [3.8, 4) is 5.75 Å². The third kappa shape index (κ3) is 8.22. The molecule has 1 atom stereocenters. The number of carbonyl (C=O) groups excluding carboxylic acids is 4. The highest BCUT2D eigenvalue weighted by atomic mass is 35.5. The molecule has 10 nitrogen and oxygen atoms in total. The van der Waals surface area contributed by atoms with Crippen molar-refractivity contribution >= 4 is 51.8 Å². The molecular weight excluding hydrogens is 594 g/mol. The Hall–Kier alpha value is -3.92. The lowest BCUT2D eigenvalue weighted by molar-refractivity contribution is -0.134. The van der Waals surface area contributed by atoms with Crippen LogP contribution in [0.4, 0.5) is 10.5 Å². The third-order valence-corrected chi connectivity index (χ3v) is 8.33. The number of nitrogens with one attached hydrogen (secondary N) is 2. The van der Waals surface area contributed by atoms with Gasteiger partial charge in [0.15, 0.2) is 6.04 Å². The van der Waals surface area contributed by atoms with Crippen LogP contribution >= 0.6 is 11.6 Å². The molecule has 11 heteroatoms. The van der Waals surface area contributed by atoms with Crippen LogP contribution in [0.25, 0.3) is 10.9 Å². The van der Waals surface area contributed by atoms with E-state index in [0.717, 1.165) is 19.3 Å². The number of ketones is 1. The first kappa shape index (κ1) is 34.0. The number of nitrogens with zero attached hydrogens (tertiary/aromatic N) is 3. The van der Waals surface area contributed by atoms with Crippen molar-refractivity contribution in [3.05, 3.63) is 53.2 Å². The van der Waals surface area contributed by atoms with Crippen molar-refractivity contribution in [2.45, 2.75) is 96.6 Å². The minimum Gasteiger partial charge on any atom is -0.491 e. The van der Waals surface area contributed by atoms with Gasteiger partial charge < -0.3 is 15.4 Å². The zero-order valence-corrected chi connectivity index (χ0v) is 27.4. The van der Waals surface area contributed by atoms with Gasteiger partial charge in [-0.25, -0.2) is 9.69 Å². The second kappa shape index (κ2) is 15.4. The number of hydrogen-bond donors (Lipinski definition) is 2. The number of rotatable bonds is 17. The number of amides is 4. The minimum atomic E-state index is -1.83. The average Bonchev–Trinajstić information content (AvgIpc) is 3.44. The summed E-state index contributed by atoms with van der Waals surface area (Å²) >= 11 is 6.27. The monoisotopic (exact) mass is 637 g/mol. The van der Waals surface area contributed by atoms with E-state index in [1.807, 2.05) is 0 Å². The molecule has 4 rings (SSSR count). The van der Waals surface area contributed by atoms with E-state index in [2.05, 4.69) is 22.7 Å². The number of halogens is 1. The fraction of sp³-hybridized carbons (Fsp3) is 0.500. The molecular formula is C34H44ClN5O5. The number of para-hydroxylation sites is 1. The molecule has 2 aromatic carbocycles. The lowest BCUT2D eigenvalue weighted by Gasteiger charge is -2.24. The molecule has 0 radical (unpaired) electrons. The highest BCUT2D eigenvalue weighted by molar-refractivity contribution is 6.31. The second-order valence-electron chi connectivity index (χ2n) is 12.1. The summed E-state index contributed by atoms with van der Waals surface area (Å²) in [7, 11) is 1.68. The number of aromatic nitrogens is 2. The Morgan fingerprint density at radius 1 is 0.978 bits per heavy atom. The van der Waals surface area contributed by atoms with E-state index in [0.29, 0.717) is 33.2 Å². The maximum atomic E-state index is 14.1. The van der Waals surface area contributed by atoms with E-state index < -0.39 is 35.2 Å². The van der Waals surface area contributed by atoms with E-state index in [1.54, 1.807) is 43.4 Å². The molecule has 45 heavy (non-hydrogen) atoms. The van der Waals surface area contributed by atoms with Crippen molar-refractivity contribution in [3.63, 3.8) is 0 Å².